The van der Waals surface area contributed by atoms with E-state index in [1.807, 2.05) is 18.2 Å². The van der Waals surface area contributed by atoms with E-state index in [1.54, 1.807) is 21.3 Å². The second-order valence-corrected chi connectivity index (χ2v) is 6.60. The maximum Gasteiger partial charge on any atom is 0.212 e. The van der Waals surface area contributed by atoms with Crippen molar-refractivity contribution in [3.63, 3.8) is 0 Å². The molecule has 3 rings (SSSR count). The van der Waals surface area contributed by atoms with E-state index in [4.69, 9.17) is 14.2 Å². The standard InChI is InChI=1S/C24H28NO3.HI/c1-5-6-15-25-19(12-11-18-9-7-8-10-22(18)25)13-14-21-23(27-3)16-20(26-2)17-24(21)28-4;/h7-14,16-17H,5-6,15H2,1-4H3;1H/q+1;/p-1/b14-13-;. The number of hydrogen-bond donors (Lipinski definition) is 0. The zero-order valence-electron chi connectivity index (χ0n) is 17.4. The molecule has 0 aliphatic carbocycles. The number of para-hydroxylation sites is 1. The fourth-order valence-electron chi connectivity index (χ4n) is 3.36. The fourth-order valence-corrected chi connectivity index (χ4v) is 3.36. The van der Waals surface area contributed by atoms with Crippen LogP contribution < -0.4 is 42.8 Å². The molecule has 0 spiro atoms. The first-order valence-corrected chi connectivity index (χ1v) is 9.61. The second-order valence-electron chi connectivity index (χ2n) is 6.60. The molecule has 0 bridgehead atoms. The molecule has 5 heteroatoms. The number of aromatic nitrogens is 1. The molecule has 4 nitrogen and oxygen atoms in total. The van der Waals surface area contributed by atoms with Gasteiger partial charge >= 0.3 is 0 Å². The molecule has 3 aromatic rings. The predicted molar refractivity (Wildman–Crippen MR) is 114 cm³/mol. The first-order chi connectivity index (χ1) is 13.7. The van der Waals surface area contributed by atoms with Crippen LogP contribution >= 0.6 is 0 Å². The number of benzene rings is 2. The molecule has 1 heterocycles. The number of unbranched alkanes of at least 4 members (excludes halogenated alkanes) is 1. The third-order valence-electron chi connectivity index (χ3n) is 4.88. The van der Waals surface area contributed by atoms with E-state index in [0.717, 1.165) is 30.6 Å². The molecule has 0 saturated heterocycles. The van der Waals surface area contributed by atoms with Crippen LogP contribution in [0.25, 0.3) is 23.1 Å². The lowest BCUT2D eigenvalue weighted by molar-refractivity contribution is -0.673. The SMILES string of the molecule is CCCC[n+]1c(/C=C\c2c(OC)cc(OC)cc2OC)ccc2ccccc21.[I-]. The number of fused-ring (bicyclic) bond motifs is 1. The number of ether oxygens (including phenoxy) is 3. The molecule has 0 aliphatic heterocycles. The summed E-state index contributed by atoms with van der Waals surface area (Å²) < 4.78 is 18.8. The van der Waals surface area contributed by atoms with E-state index in [-0.39, 0.29) is 24.0 Å². The van der Waals surface area contributed by atoms with Gasteiger partial charge in [-0.1, -0.05) is 25.5 Å². The molecule has 0 fully saturated rings. The van der Waals surface area contributed by atoms with Crippen LogP contribution in [0.5, 0.6) is 17.2 Å². The molecule has 0 aliphatic rings. The molecule has 29 heavy (non-hydrogen) atoms. The average molecular weight is 505 g/mol. The van der Waals surface area contributed by atoms with Crippen molar-refractivity contribution in [1.29, 1.82) is 0 Å². The van der Waals surface area contributed by atoms with Crippen molar-refractivity contribution in [2.45, 2.75) is 26.3 Å². The summed E-state index contributed by atoms with van der Waals surface area (Å²) in [6.45, 7) is 3.20. The lowest BCUT2D eigenvalue weighted by Crippen LogP contribution is -3.00. The molecular weight excluding hydrogens is 477 g/mol. The zero-order valence-corrected chi connectivity index (χ0v) is 19.6. The maximum atomic E-state index is 5.57. The number of methoxy groups -OCH3 is 3. The summed E-state index contributed by atoms with van der Waals surface area (Å²) in [7, 11) is 4.95. The van der Waals surface area contributed by atoms with Crippen LogP contribution in [0.4, 0.5) is 0 Å². The van der Waals surface area contributed by atoms with Gasteiger partial charge in [0.2, 0.25) is 11.2 Å². The van der Waals surface area contributed by atoms with Crippen LogP contribution in [0, 0.1) is 0 Å². The monoisotopic (exact) mass is 505 g/mol. The van der Waals surface area contributed by atoms with Gasteiger partial charge in [0, 0.05) is 42.1 Å². The van der Waals surface area contributed by atoms with E-state index in [0.29, 0.717) is 17.2 Å². The van der Waals surface area contributed by atoms with Gasteiger partial charge in [0.25, 0.3) is 0 Å². The van der Waals surface area contributed by atoms with Crippen molar-refractivity contribution < 1.29 is 42.8 Å². The number of aryl methyl sites for hydroxylation is 1. The van der Waals surface area contributed by atoms with Gasteiger partial charge in [0.15, 0.2) is 0 Å². The van der Waals surface area contributed by atoms with E-state index in [2.05, 4.69) is 54.0 Å². The predicted octanol–water partition coefficient (Wildman–Crippen LogP) is 2.13. The first-order valence-electron chi connectivity index (χ1n) is 9.61. The Morgan fingerprint density at radius 1 is 0.862 bits per heavy atom. The highest BCUT2D eigenvalue weighted by molar-refractivity contribution is 5.79. The van der Waals surface area contributed by atoms with Crippen LogP contribution in [-0.4, -0.2) is 21.3 Å². The minimum Gasteiger partial charge on any atom is -1.00 e. The maximum absolute atomic E-state index is 5.57. The summed E-state index contributed by atoms with van der Waals surface area (Å²) in [6.07, 6.45) is 6.45. The third kappa shape index (κ3) is 5.21. The smallest absolute Gasteiger partial charge is 0.212 e. The lowest BCUT2D eigenvalue weighted by atomic mass is 10.1. The summed E-state index contributed by atoms with van der Waals surface area (Å²) >= 11 is 0. The van der Waals surface area contributed by atoms with E-state index < -0.39 is 0 Å². The Balaban J connectivity index is 0.00000300. The Labute approximate surface area is 190 Å². The van der Waals surface area contributed by atoms with Gasteiger partial charge in [0.05, 0.1) is 26.9 Å². The Kier molecular flexibility index (Phi) is 8.76. The van der Waals surface area contributed by atoms with Crippen LogP contribution in [-0.2, 0) is 6.54 Å². The minimum atomic E-state index is 0. The van der Waals surface area contributed by atoms with Crippen LogP contribution in [0.15, 0.2) is 48.5 Å². The molecule has 0 unspecified atom stereocenters. The van der Waals surface area contributed by atoms with E-state index in [9.17, 15) is 0 Å². The normalized spacial score (nSPS) is 10.8. The molecule has 0 radical (unpaired) electrons. The van der Waals surface area contributed by atoms with Gasteiger partial charge in [-0.15, -0.1) is 0 Å². The van der Waals surface area contributed by atoms with Crippen LogP contribution in [0.2, 0.25) is 0 Å². The highest BCUT2D eigenvalue weighted by Crippen LogP contribution is 2.35. The number of pyridine rings is 1. The Bertz CT molecular complexity index is 960. The van der Waals surface area contributed by atoms with Crippen molar-refractivity contribution >= 4 is 23.1 Å². The third-order valence-corrected chi connectivity index (χ3v) is 4.88. The molecule has 0 N–H and O–H groups in total. The summed E-state index contributed by atoms with van der Waals surface area (Å²) in [5.41, 5.74) is 3.28. The van der Waals surface area contributed by atoms with Crippen molar-refractivity contribution in [3.05, 3.63) is 59.8 Å². The number of nitrogens with zero attached hydrogens (tertiary/aromatic N) is 1. The molecule has 1 aromatic heterocycles. The van der Waals surface area contributed by atoms with Gasteiger partial charge in [-0.2, -0.15) is 4.57 Å². The first kappa shape index (κ1) is 23.0. The number of rotatable bonds is 8. The number of hydrogen-bond acceptors (Lipinski definition) is 3. The number of halogens is 1. The summed E-state index contributed by atoms with van der Waals surface area (Å²) in [5.74, 6) is 2.14. The molecule has 0 saturated carbocycles. The quantitative estimate of drug-likeness (QED) is 0.348. The van der Waals surface area contributed by atoms with Gasteiger partial charge in [0.1, 0.15) is 23.8 Å². The van der Waals surface area contributed by atoms with Gasteiger partial charge in [-0.25, -0.2) is 0 Å². The lowest BCUT2D eigenvalue weighted by Gasteiger charge is -2.12. The highest BCUT2D eigenvalue weighted by Gasteiger charge is 2.15. The second kappa shape index (κ2) is 11.0. The van der Waals surface area contributed by atoms with Crippen LogP contribution in [0.3, 0.4) is 0 Å². The topological polar surface area (TPSA) is 31.6 Å². The van der Waals surface area contributed by atoms with E-state index in [1.165, 1.54) is 10.9 Å². The van der Waals surface area contributed by atoms with Crippen molar-refractivity contribution in [2.75, 3.05) is 21.3 Å². The molecule has 154 valence electrons. The fraction of sp³-hybridized carbons (Fsp3) is 0.292. The van der Waals surface area contributed by atoms with Crippen molar-refractivity contribution in [3.8, 4) is 17.2 Å². The zero-order chi connectivity index (χ0) is 19.9. The van der Waals surface area contributed by atoms with Gasteiger partial charge < -0.3 is 38.2 Å². The molecule has 0 atom stereocenters. The Morgan fingerprint density at radius 2 is 1.55 bits per heavy atom. The van der Waals surface area contributed by atoms with E-state index >= 15 is 0 Å². The largest absolute Gasteiger partial charge is 1.00 e. The van der Waals surface area contributed by atoms with Gasteiger partial charge in [-0.05, 0) is 18.2 Å². The summed E-state index contributed by atoms with van der Waals surface area (Å²) in [4.78, 5) is 0. The van der Waals surface area contributed by atoms with Gasteiger partial charge in [-0.3, -0.25) is 0 Å². The van der Waals surface area contributed by atoms with Crippen LogP contribution in [0.1, 0.15) is 31.0 Å². The van der Waals surface area contributed by atoms with Crippen molar-refractivity contribution in [2.24, 2.45) is 0 Å². The minimum absolute atomic E-state index is 0. The average Bonchev–Trinajstić information content (AvgIpc) is 2.75. The molecule has 2 aromatic carbocycles. The highest BCUT2D eigenvalue weighted by atomic mass is 127. The Morgan fingerprint density at radius 3 is 2.17 bits per heavy atom. The summed E-state index contributed by atoms with van der Waals surface area (Å²) in [6, 6.07) is 16.6. The molecular formula is C24H28INO3. The summed E-state index contributed by atoms with van der Waals surface area (Å²) in [5, 5.41) is 1.25. The Hall–Kier alpha value is -2.28. The van der Waals surface area contributed by atoms with Crippen molar-refractivity contribution in [1.82, 2.24) is 0 Å². The molecule has 0 amide bonds.